The highest BCUT2D eigenvalue weighted by atomic mass is 15.2. The Hall–Kier alpha value is -0.0800. The summed E-state index contributed by atoms with van der Waals surface area (Å²) < 4.78 is 0. The standard InChI is InChI=1S/C17H34N2/c1-16(2)10-7-13(8-11-16)19(6)14-9-12-17(3,4)15(14)18-5/h13-15,18H,7-12H2,1-6H3. The Morgan fingerprint density at radius 3 is 2.05 bits per heavy atom. The van der Waals surface area contributed by atoms with E-state index in [1.165, 1.54) is 38.5 Å². The van der Waals surface area contributed by atoms with E-state index in [-0.39, 0.29) is 0 Å². The Balaban J connectivity index is 1.99. The number of nitrogens with one attached hydrogen (secondary N) is 1. The molecule has 0 aromatic rings. The van der Waals surface area contributed by atoms with Crippen molar-refractivity contribution in [1.29, 1.82) is 0 Å². The summed E-state index contributed by atoms with van der Waals surface area (Å²) in [4.78, 5) is 2.71. The lowest BCUT2D eigenvalue weighted by atomic mass is 9.75. The smallest absolute Gasteiger partial charge is 0.0271 e. The number of rotatable bonds is 3. The monoisotopic (exact) mass is 266 g/mol. The van der Waals surface area contributed by atoms with Crippen LogP contribution in [-0.2, 0) is 0 Å². The van der Waals surface area contributed by atoms with Crippen molar-refractivity contribution in [3.63, 3.8) is 0 Å². The number of hydrogen-bond acceptors (Lipinski definition) is 2. The van der Waals surface area contributed by atoms with Gasteiger partial charge in [-0.05, 0) is 63.5 Å². The molecule has 0 aromatic heterocycles. The molecule has 2 unspecified atom stereocenters. The van der Waals surface area contributed by atoms with Crippen molar-refractivity contribution in [1.82, 2.24) is 10.2 Å². The first kappa shape index (κ1) is 15.3. The third-order valence-corrected chi connectivity index (χ3v) is 6.03. The zero-order valence-corrected chi connectivity index (χ0v) is 13.9. The fourth-order valence-corrected chi connectivity index (χ4v) is 4.45. The first-order chi connectivity index (χ1) is 8.77. The van der Waals surface area contributed by atoms with E-state index in [0.717, 1.165) is 12.1 Å². The Morgan fingerprint density at radius 2 is 1.53 bits per heavy atom. The third-order valence-electron chi connectivity index (χ3n) is 6.03. The van der Waals surface area contributed by atoms with E-state index in [4.69, 9.17) is 0 Å². The normalized spacial score (nSPS) is 34.9. The maximum atomic E-state index is 3.60. The van der Waals surface area contributed by atoms with Gasteiger partial charge >= 0.3 is 0 Å². The fourth-order valence-electron chi connectivity index (χ4n) is 4.45. The molecule has 2 nitrogen and oxygen atoms in total. The maximum absolute atomic E-state index is 3.60. The highest BCUT2D eigenvalue weighted by Crippen LogP contribution is 2.42. The molecule has 0 bridgehead atoms. The molecule has 0 aromatic carbocycles. The molecule has 0 aliphatic heterocycles. The van der Waals surface area contributed by atoms with Crippen LogP contribution in [0.5, 0.6) is 0 Å². The summed E-state index contributed by atoms with van der Waals surface area (Å²) in [6.07, 6.45) is 8.26. The van der Waals surface area contributed by atoms with E-state index in [9.17, 15) is 0 Å². The number of nitrogens with zero attached hydrogens (tertiary/aromatic N) is 1. The third kappa shape index (κ3) is 3.16. The van der Waals surface area contributed by atoms with Gasteiger partial charge in [-0.1, -0.05) is 27.7 Å². The van der Waals surface area contributed by atoms with Gasteiger partial charge in [0.2, 0.25) is 0 Å². The number of hydrogen-bond donors (Lipinski definition) is 1. The lowest BCUT2D eigenvalue weighted by molar-refractivity contribution is 0.0773. The van der Waals surface area contributed by atoms with Crippen LogP contribution in [0.3, 0.4) is 0 Å². The molecular weight excluding hydrogens is 232 g/mol. The molecule has 0 radical (unpaired) electrons. The fraction of sp³-hybridized carbons (Fsp3) is 1.00. The molecule has 112 valence electrons. The SMILES string of the molecule is CNC1C(N(C)C2CCC(C)(C)CC2)CCC1(C)C. The molecule has 0 spiro atoms. The molecule has 2 atom stereocenters. The lowest BCUT2D eigenvalue weighted by Gasteiger charge is -2.43. The van der Waals surface area contributed by atoms with E-state index in [1.807, 2.05) is 0 Å². The van der Waals surface area contributed by atoms with Crippen LogP contribution in [0.25, 0.3) is 0 Å². The van der Waals surface area contributed by atoms with Crippen molar-refractivity contribution in [3.05, 3.63) is 0 Å². The van der Waals surface area contributed by atoms with Gasteiger partial charge in [0.05, 0.1) is 0 Å². The van der Waals surface area contributed by atoms with Crippen LogP contribution in [0.1, 0.15) is 66.2 Å². The van der Waals surface area contributed by atoms with E-state index >= 15 is 0 Å². The molecule has 1 N–H and O–H groups in total. The summed E-state index contributed by atoms with van der Waals surface area (Å²) in [7, 11) is 4.52. The van der Waals surface area contributed by atoms with Crippen molar-refractivity contribution < 1.29 is 0 Å². The summed E-state index contributed by atoms with van der Waals surface area (Å²) >= 11 is 0. The van der Waals surface area contributed by atoms with Crippen molar-refractivity contribution >= 4 is 0 Å². The molecule has 0 heterocycles. The topological polar surface area (TPSA) is 15.3 Å². The van der Waals surface area contributed by atoms with Crippen LogP contribution >= 0.6 is 0 Å². The van der Waals surface area contributed by atoms with Crippen molar-refractivity contribution in [2.75, 3.05) is 14.1 Å². The van der Waals surface area contributed by atoms with Crippen LogP contribution in [0.4, 0.5) is 0 Å². The van der Waals surface area contributed by atoms with Gasteiger partial charge < -0.3 is 5.32 Å². The van der Waals surface area contributed by atoms with Gasteiger partial charge in [-0.15, -0.1) is 0 Å². The highest BCUT2D eigenvalue weighted by molar-refractivity contribution is 5.01. The molecule has 2 aliphatic carbocycles. The number of likely N-dealkylation sites (N-methyl/N-ethyl adjacent to an activating group) is 2. The van der Waals surface area contributed by atoms with Gasteiger partial charge in [0.15, 0.2) is 0 Å². The first-order valence-corrected chi connectivity index (χ1v) is 8.16. The van der Waals surface area contributed by atoms with Crippen LogP contribution in [0.15, 0.2) is 0 Å². The van der Waals surface area contributed by atoms with Gasteiger partial charge in [-0.2, -0.15) is 0 Å². The summed E-state index contributed by atoms with van der Waals surface area (Å²) in [5.41, 5.74) is 1.02. The van der Waals surface area contributed by atoms with Crippen molar-refractivity contribution in [3.8, 4) is 0 Å². The molecule has 0 saturated heterocycles. The van der Waals surface area contributed by atoms with Gasteiger partial charge in [0.1, 0.15) is 0 Å². The average Bonchev–Trinajstić information content (AvgIpc) is 2.63. The van der Waals surface area contributed by atoms with Gasteiger partial charge in [-0.3, -0.25) is 4.90 Å². The van der Waals surface area contributed by atoms with Crippen LogP contribution in [-0.4, -0.2) is 37.1 Å². The molecule has 19 heavy (non-hydrogen) atoms. The average molecular weight is 266 g/mol. The van der Waals surface area contributed by atoms with Crippen LogP contribution < -0.4 is 5.32 Å². The zero-order valence-electron chi connectivity index (χ0n) is 13.9. The van der Waals surface area contributed by atoms with Crippen molar-refractivity contribution in [2.24, 2.45) is 10.8 Å². The predicted molar refractivity (Wildman–Crippen MR) is 83.5 cm³/mol. The highest BCUT2D eigenvalue weighted by Gasteiger charge is 2.44. The van der Waals surface area contributed by atoms with Gasteiger partial charge in [0.25, 0.3) is 0 Å². The maximum Gasteiger partial charge on any atom is 0.0271 e. The summed E-state index contributed by atoms with van der Waals surface area (Å²) in [5, 5.41) is 3.60. The molecule has 2 rings (SSSR count). The second-order valence-electron chi connectivity index (χ2n) is 8.42. The van der Waals surface area contributed by atoms with E-state index in [0.29, 0.717) is 16.9 Å². The Morgan fingerprint density at radius 1 is 0.947 bits per heavy atom. The first-order valence-electron chi connectivity index (χ1n) is 8.16. The second kappa shape index (κ2) is 5.37. The lowest BCUT2D eigenvalue weighted by Crippen LogP contribution is -2.53. The van der Waals surface area contributed by atoms with E-state index in [1.54, 1.807) is 0 Å². The summed E-state index contributed by atoms with van der Waals surface area (Å²) in [5.74, 6) is 0. The Bertz CT molecular complexity index is 298. The van der Waals surface area contributed by atoms with E-state index < -0.39 is 0 Å². The minimum absolute atomic E-state index is 0.446. The molecular formula is C17H34N2. The zero-order chi connectivity index (χ0) is 14.3. The molecule has 2 saturated carbocycles. The van der Waals surface area contributed by atoms with Gasteiger partial charge in [-0.25, -0.2) is 0 Å². The van der Waals surface area contributed by atoms with E-state index in [2.05, 4.69) is 52.0 Å². The Kier molecular flexibility index (Phi) is 4.32. The van der Waals surface area contributed by atoms with Crippen LogP contribution in [0, 0.1) is 10.8 Å². The second-order valence-corrected chi connectivity index (χ2v) is 8.42. The minimum Gasteiger partial charge on any atom is -0.315 e. The molecule has 2 fully saturated rings. The minimum atomic E-state index is 0.446. The summed E-state index contributed by atoms with van der Waals surface area (Å²) in [6, 6.07) is 2.18. The molecule has 2 heteroatoms. The van der Waals surface area contributed by atoms with Crippen molar-refractivity contribution in [2.45, 2.75) is 84.3 Å². The Labute approximate surface area is 120 Å². The predicted octanol–water partition coefficient (Wildman–Crippen LogP) is 3.66. The molecule has 0 amide bonds. The van der Waals surface area contributed by atoms with Gasteiger partial charge in [0, 0.05) is 18.1 Å². The quantitative estimate of drug-likeness (QED) is 0.838. The molecule has 2 aliphatic rings. The summed E-state index contributed by atoms with van der Waals surface area (Å²) in [6.45, 7) is 9.70. The largest absolute Gasteiger partial charge is 0.315 e. The van der Waals surface area contributed by atoms with Crippen LogP contribution in [0.2, 0.25) is 0 Å².